The minimum atomic E-state index is -0.314. The number of carbonyl (C=O) groups excluding carboxylic acids is 1. The zero-order valence-corrected chi connectivity index (χ0v) is 9.27. The van der Waals surface area contributed by atoms with Gasteiger partial charge in [0.2, 0.25) is 0 Å². The molecule has 0 saturated carbocycles. The summed E-state index contributed by atoms with van der Waals surface area (Å²) < 4.78 is 5.29. The minimum absolute atomic E-state index is 0.314. The highest BCUT2D eigenvalue weighted by molar-refractivity contribution is 5.84. The van der Waals surface area contributed by atoms with E-state index in [0.717, 1.165) is 18.4 Å². The van der Waals surface area contributed by atoms with Crippen LogP contribution in [0.25, 0.3) is 0 Å². The smallest absolute Gasteiger partial charge is 0.335 e. The van der Waals surface area contributed by atoms with Crippen molar-refractivity contribution in [3.05, 3.63) is 53.6 Å². The van der Waals surface area contributed by atoms with E-state index in [-0.39, 0.29) is 5.97 Å². The molecule has 0 N–H and O–H groups in total. The van der Waals surface area contributed by atoms with Crippen molar-refractivity contribution in [3.63, 3.8) is 0 Å². The van der Waals surface area contributed by atoms with Crippen LogP contribution < -0.4 is 4.74 Å². The van der Waals surface area contributed by atoms with Crippen molar-refractivity contribution in [1.29, 1.82) is 0 Å². The predicted octanol–water partition coefficient (Wildman–Crippen LogP) is 2.82. The first-order chi connectivity index (χ1) is 7.81. The first-order valence-electron chi connectivity index (χ1n) is 5.41. The van der Waals surface area contributed by atoms with E-state index in [1.165, 1.54) is 11.6 Å². The summed E-state index contributed by atoms with van der Waals surface area (Å²) in [5.41, 5.74) is 2.37. The molecule has 0 atom stereocenters. The number of rotatable bonds is 2. The quantitative estimate of drug-likeness (QED) is 0.327. The number of esters is 1. The van der Waals surface area contributed by atoms with Crippen LogP contribution in [-0.4, -0.2) is 5.97 Å². The fourth-order valence-corrected chi connectivity index (χ4v) is 1.82. The van der Waals surface area contributed by atoms with Crippen molar-refractivity contribution >= 4 is 5.97 Å². The lowest BCUT2D eigenvalue weighted by atomic mass is 9.96. The highest BCUT2D eigenvalue weighted by Gasteiger charge is 2.12. The van der Waals surface area contributed by atoms with Gasteiger partial charge in [-0.15, -0.1) is 0 Å². The Morgan fingerprint density at radius 1 is 1.31 bits per heavy atom. The number of hydrogen-bond donors (Lipinski definition) is 0. The molecule has 82 valence electrons. The molecule has 0 saturated heterocycles. The van der Waals surface area contributed by atoms with Gasteiger partial charge in [0.05, 0.1) is 0 Å². The zero-order valence-electron chi connectivity index (χ0n) is 9.27. The molecule has 1 aliphatic carbocycles. The summed E-state index contributed by atoms with van der Waals surface area (Å²) >= 11 is 0. The molecule has 0 unspecified atom stereocenters. The number of carbonyl (C=O) groups is 1. The van der Waals surface area contributed by atoms with Crippen LogP contribution in [0.1, 0.15) is 18.1 Å². The SMILES string of the molecule is C/C=C/C(=O)Oc1cccc2c1CC=CC2. The highest BCUT2D eigenvalue weighted by Crippen LogP contribution is 2.26. The van der Waals surface area contributed by atoms with Gasteiger partial charge in [-0.05, 0) is 31.4 Å². The van der Waals surface area contributed by atoms with Crippen molar-refractivity contribution in [1.82, 2.24) is 0 Å². The molecule has 1 aromatic carbocycles. The molecule has 0 aromatic heterocycles. The number of allylic oxidation sites excluding steroid dienone is 3. The third-order valence-electron chi connectivity index (χ3n) is 2.57. The summed E-state index contributed by atoms with van der Waals surface area (Å²) in [4.78, 5) is 11.4. The van der Waals surface area contributed by atoms with Gasteiger partial charge in [-0.25, -0.2) is 4.79 Å². The van der Waals surface area contributed by atoms with Crippen LogP contribution in [0.3, 0.4) is 0 Å². The molecule has 0 spiro atoms. The largest absolute Gasteiger partial charge is 0.423 e. The van der Waals surface area contributed by atoms with Crippen LogP contribution in [0.5, 0.6) is 5.75 Å². The van der Waals surface area contributed by atoms with E-state index in [4.69, 9.17) is 4.74 Å². The molecule has 0 radical (unpaired) electrons. The maximum Gasteiger partial charge on any atom is 0.335 e. The summed E-state index contributed by atoms with van der Waals surface area (Å²) in [6.07, 6.45) is 9.11. The van der Waals surface area contributed by atoms with E-state index in [0.29, 0.717) is 5.75 Å². The van der Waals surface area contributed by atoms with E-state index >= 15 is 0 Å². The van der Waals surface area contributed by atoms with Gasteiger partial charge in [0.15, 0.2) is 0 Å². The fourth-order valence-electron chi connectivity index (χ4n) is 1.82. The Morgan fingerprint density at radius 3 is 2.94 bits per heavy atom. The molecule has 0 amide bonds. The lowest BCUT2D eigenvalue weighted by molar-refractivity contribution is -0.129. The average molecular weight is 214 g/mol. The lowest BCUT2D eigenvalue weighted by Crippen LogP contribution is -2.08. The minimum Gasteiger partial charge on any atom is -0.423 e. The molecule has 0 heterocycles. The Labute approximate surface area is 95.2 Å². The highest BCUT2D eigenvalue weighted by atomic mass is 16.5. The van der Waals surface area contributed by atoms with Gasteiger partial charge < -0.3 is 4.74 Å². The third-order valence-corrected chi connectivity index (χ3v) is 2.57. The van der Waals surface area contributed by atoms with Gasteiger partial charge in [0.25, 0.3) is 0 Å². The number of ether oxygens (including phenoxy) is 1. The van der Waals surface area contributed by atoms with Gasteiger partial charge >= 0.3 is 5.97 Å². The summed E-state index contributed by atoms with van der Waals surface area (Å²) in [7, 11) is 0. The maximum absolute atomic E-state index is 11.4. The second-order valence-corrected chi connectivity index (χ2v) is 3.69. The van der Waals surface area contributed by atoms with Crippen molar-refractivity contribution in [2.24, 2.45) is 0 Å². The van der Waals surface area contributed by atoms with Crippen LogP contribution in [0.2, 0.25) is 0 Å². The van der Waals surface area contributed by atoms with Crippen LogP contribution in [0.4, 0.5) is 0 Å². The summed E-state index contributed by atoms with van der Waals surface area (Å²) in [6.45, 7) is 1.80. The van der Waals surface area contributed by atoms with Crippen molar-refractivity contribution in [2.75, 3.05) is 0 Å². The molecule has 0 aliphatic heterocycles. The van der Waals surface area contributed by atoms with Crippen LogP contribution >= 0.6 is 0 Å². The molecular weight excluding hydrogens is 200 g/mol. The Bertz CT molecular complexity index is 456. The predicted molar refractivity (Wildman–Crippen MR) is 63.4 cm³/mol. The second kappa shape index (κ2) is 4.79. The molecule has 2 rings (SSSR count). The van der Waals surface area contributed by atoms with E-state index < -0.39 is 0 Å². The second-order valence-electron chi connectivity index (χ2n) is 3.69. The number of fused-ring (bicyclic) bond motifs is 1. The lowest BCUT2D eigenvalue weighted by Gasteiger charge is -2.14. The van der Waals surface area contributed by atoms with Crippen molar-refractivity contribution in [2.45, 2.75) is 19.8 Å². The molecule has 2 nitrogen and oxygen atoms in total. The van der Waals surface area contributed by atoms with Crippen LogP contribution in [-0.2, 0) is 17.6 Å². The standard InChI is InChI=1S/C14H14O2/c1-2-6-14(15)16-13-10-5-8-11-7-3-4-9-12(11)13/h2-6,8,10H,7,9H2,1H3/b6-2+. The zero-order chi connectivity index (χ0) is 11.4. The first kappa shape index (κ1) is 10.7. The Kier molecular flexibility index (Phi) is 3.20. The summed E-state index contributed by atoms with van der Waals surface area (Å²) in [5.74, 6) is 0.371. The molecule has 0 fully saturated rings. The van der Waals surface area contributed by atoms with Gasteiger partial charge in [-0.2, -0.15) is 0 Å². The van der Waals surface area contributed by atoms with Crippen molar-refractivity contribution in [3.8, 4) is 5.75 Å². The van der Waals surface area contributed by atoms with Gasteiger partial charge in [-0.1, -0.05) is 30.4 Å². The summed E-state index contributed by atoms with van der Waals surface area (Å²) in [6, 6.07) is 5.85. The van der Waals surface area contributed by atoms with Gasteiger partial charge in [-0.3, -0.25) is 0 Å². The molecular formula is C14H14O2. The van der Waals surface area contributed by atoms with Crippen LogP contribution in [0.15, 0.2) is 42.5 Å². The third kappa shape index (κ3) is 2.22. The Hall–Kier alpha value is -1.83. The van der Waals surface area contributed by atoms with Crippen molar-refractivity contribution < 1.29 is 9.53 Å². The molecule has 2 heteroatoms. The Morgan fingerprint density at radius 2 is 2.12 bits per heavy atom. The van der Waals surface area contributed by atoms with Crippen LogP contribution in [0, 0.1) is 0 Å². The maximum atomic E-state index is 11.4. The average Bonchev–Trinajstić information content (AvgIpc) is 2.30. The molecule has 1 aromatic rings. The topological polar surface area (TPSA) is 26.3 Å². The molecule has 16 heavy (non-hydrogen) atoms. The Balaban J connectivity index is 2.26. The number of benzene rings is 1. The van der Waals surface area contributed by atoms with E-state index in [9.17, 15) is 4.79 Å². The summed E-state index contributed by atoms with van der Waals surface area (Å²) in [5, 5.41) is 0. The van der Waals surface area contributed by atoms with Gasteiger partial charge in [0.1, 0.15) is 5.75 Å². The van der Waals surface area contributed by atoms with E-state index in [2.05, 4.69) is 18.2 Å². The molecule has 0 bridgehead atoms. The monoisotopic (exact) mass is 214 g/mol. The first-order valence-corrected chi connectivity index (χ1v) is 5.41. The number of hydrogen-bond acceptors (Lipinski definition) is 2. The van der Waals surface area contributed by atoms with E-state index in [1.54, 1.807) is 13.0 Å². The van der Waals surface area contributed by atoms with Gasteiger partial charge in [0, 0.05) is 11.6 Å². The van der Waals surface area contributed by atoms with E-state index in [1.807, 2.05) is 12.1 Å². The molecule has 1 aliphatic rings. The normalized spacial score (nSPS) is 13.8. The fraction of sp³-hybridized carbons (Fsp3) is 0.214.